The van der Waals surface area contributed by atoms with Crippen LogP contribution in [0.5, 0.6) is 18.0 Å². The van der Waals surface area contributed by atoms with Gasteiger partial charge in [0.05, 0.1) is 25.5 Å². The number of thiazole rings is 1. The van der Waals surface area contributed by atoms with Crippen LogP contribution in [-0.4, -0.2) is 40.1 Å². The number of benzene rings is 4. The number of hydrogen-bond acceptors (Lipinski definition) is 10. The van der Waals surface area contributed by atoms with Crippen LogP contribution in [0.15, 0.2) is 121 Å². The van der Waals surface area contributed by atoms with E-state index in [0.717, 1.165) is 22.3 Å². The van der Waals surface area contributed by atoms with Gasteiger partial charge in [-0.3, -0.25) is 0 Å². The van der Waals surface area contributed by atoms with Crippen LogP contribution >= 0.6 is 11.3 Å². The highest BCUT2D eigenvalue weighted by Gasteiger charge is 2.37. The maximum absolute atomic E-state index is 13.0. The molecule has 6 rings (SSSR count). The zero-order valence-corrected chi connectivity index (χ0v) is 24.7. The van der Waals surface area contributed by atoms with Crippen molar-refractivity contribution in [3.63, 3.8) is 0 Å². The predicted molar refractivity (Wildman–Crippen MR) is 168 cm³/mol. The molecule has 0 atom stereocenters. The number of esters is 1. The lowest BCUT2D eigenvalue weighted by atomic mass is 9.77. The Hall–Kier alpha value is -5.61. The molecule has 44 heavy (non-hydrogen) atoms. The van der Waals surface area contributed by atoms with E-state index in [0.29, 0.717) is 16.4 Å². The molecule has 0 aliphatic carbocycles. The highest BCUT2D eigenvalue weighted by molar-refractivity contribution is 7.14. The zero-order valence-electron chi connectivity index (χ0n) is 23.9. The molecule has 9 nitrogen and oxygen atoms in total. The topological polar surface area (TPSA) is 108 Å². The Kier molecular flexibility index (Phi) is 8.24. The number of rotatable bonds is 10. The first kappa shape index (κ1) is 28.5. The molecule has 0 radical (unpaired) electrons. The van der Waals surface area contributed by atoms with Gasteiger partial charge in [-0.1, -0.05) is 103 Å². The van der Waals surface area contributed by atoms with Crippen LogP contribution < -0.4 is 19.5 Å². The molecule has 0 unspecified atom stereocenters. The highest BCUT2D eigenvalue weighted by atomic mass is 32.1. The molecule has 0 aliphatic rings. The first-order chi connectivity index (χ1) is 21.6. The summed E-state index contributed by atoms with van der Waals surface area (Å²) in [6.07, 6.45) is 0. The summed E-state index contributed by atoms with van der Waals surface area (Å²) in [5.74, 6) is -0.646. The second-order valence-electron chi connectivity index (χ2n) is 9.57. The van der Waals surface area contributed by atoms with Gasteiger partial charge in [0.1, 0.15) is 5.54 Å². The Bertz CT molecular complexity index is 1750. The first-order valence-electron chi connectivity index (χ1n) is 13.7. The maximum atomic E-state index is 13.0. The Morgan fingerprint density at radius 1 is 0.659 bits per heavy atom. The average Bonchev–Trinajstić information content (AvgIpc) is 3.56. The van der Waals surface area contributed by atoms with E-state index in [1.807, 2.05) is 66.0 Å². The molecule has 0 spiro atoms. The van der Waals surface area contributed by atoms with Crippen molar-refractivity contribution in [3.05, 3.63) is 143 Å². The Labute approximate surface area is 258 Å². The number of nitrogens with one attached hydrogen (secondary N) is 1. The quantitative estimate of drug-likeness (QED) is 0.137. The van der Waals surface area contributed by atoms with Gasteiger partial charge in [0, 0.05) is 10.9 Å². The monoisotopic (exact) mass is 601 g/mol. The van der Waals surface area contributed by atoms with Crippen LogP contribution in [0, 0.1) is 0 Å². The summed E-state index contributed by atoms with van der Waals surface area (Å²) in [5.41, 5.74) is 4.27. The van der Waals surface area contributed by atoms with Gasteiger partial charge in [-0.25, -0.2) is 9.78 Å². The second-order valence-corrected chi connectivity index (χ2v) is 10.4. The van der Waals surface area contributed by atoms with E-state index in [1.165, 1.54) is 25.6 Å². The summed E-state index contributed by atoms with van der Waals surface area (Å²) in [6.45, 7) is 0. The van der Waals surface area contributed by atoms with E-state index in [-0.39, 0.29) is 18.0 Å². The van der Waals surface area contributed by atoms with Gasteiger partial charge >= 0.3 is 24.0 Å². The Balaban J connectivity index is 1.33. The van der Waals surface area contributed by atoms with Gasteiger partial charge in [-0.2, -0.15) is 0 Å². The molecule has 4 aromatic carbocycles. The third kappa shape index (κ3) is 5.83. The number of aromatic nitrogens is 4. The fourth-order valence-corrected chi connectivity index (χ4v) is 5.68. The van der Waals surface area contributed by atoms with Gasteiger partial charge in [0.2, 0.25) is 0 Å². The molecule has 0 bridgehead atoms. The smallest absolute Gasteiger partial charge is 0.345 e. The van der Waals surface area contributed by atoms with Crippen molar-refractivity contribution >= 4 is 22.4 Å². The van der Waals surface area contributed by atoms with E-state index in [1.54, 1.807) is 18.2 Å². The van der Waals surface area contributed by atoms with Crippen LogP contribution in [0.3, 0.4) is 0 Å². The molecular weight excluding hydrogens is 574 g/mol. The summed E-state index contributed by atoms with van der Waals surface area (Å²) >= 11 is 1.49. The average molecular weight is 602 g/mol. The minimum absolute atomic E-state index is 0.0338. The van der Waals surface area contributed by atoms with Crippen LogP contribution in [0.2, 0.25) is 0 Å². The van der Waals surface area contributed by atoms with Crippen molar-refractivity contribution in [1.82, 2.24) is 19.9 Å². The minimum atomic E-state index is -0.711. The summed E-state index contributed by atoms with van der Waals surface area (Å²) in [6, 6.07) is 37.7. The van der Waals surface area contributed by atoms with Crippen LogP contribution in [0.4, 0.5) is 5.13 Å². The molecular formula is C34H27N5O4S. The number of carbonyl (C=O) groups is 1. The van der Waals surface area contributed by atoms with Crippen LogP contribution in [0.25, 0.3) is 11.3 Å². The first-order valence-corrected chi connectivity index (χ1v) is 14.5. The molecule has 0 fully saturated rings. The molecule has 0 amide bonds. The molecule has 0 saturated heterocycles. The van der Waals surface area contributed by atoms with Gasteiger partial charge in [-0.05, 0) is 28.8 Å². The maximum Gasteiger partial charge on any atom is 0.345 e. The van der Waals surface area contributed by atoms with E-state index >= 15 is 0 Å². The van der Waals surface area contributed by atoms with E-state index in [9.17, 15) is 4.79 Å². The lowest BCUT2D eigenvalue weighted by Gasteiger charge is -2.36. The minimum Gasteiger partial charge on any atom is -0.467 e. The Morgan fingerprint density at radius 3 is 1.70 bits per heavy atom. The van der Waals surface area contributed by atoms with E-state index in [2.05, 4.69) is 56.7 Å². The molecule has 6 aromatic rings. The van der Waals surface area contributed by atoms with Gasteiger partial charge in [-0.15, -0.1) is 26.3 Å². The summed E-state index contributed by atoms with van der Waals surface area (Å²) in [7, 11) is 2.79. The fraction of sp³-hybridized carbons (Fsp3) is 0.0882. The van der Waals surface area contributed by atoms with Crippen molar-refractivity contribution < 1.29 is 19.0 Å². The van der Waals surface area contributed by atoms with Crippen molar-refractivity contribution in [2.75, 3.05) is 19.5 Å². The van der Waals surface area contributed by atoms with Crippen LogP contribution in [0.1, 0.15) is 27.0 Å². The standard InChI is InChI=1S/C34H27N5O4S/c1-41-30-36-31(42-2)38-32(37-30)43-29(40)24-14-12-13-23(21-24)28-22-44-33(35-28)39-34(25-15-6-3-7-16-25,26-17-8-4-9-18-26)27-19-10-5-11-20-27/h3-22H,1-2H3,(H,35,39). The second kappa shape index (κ2) is 12.7. The highest BCUT2D eigenvalue weighted by Crippen LogP contribution is 2.41. The van der Waals surface area contributed by atoms with Gasteiger partial charge in [0.25, 0.3) is 0 Å². The van der Waals surface area contributed by atoms with Crippen molar-refractivity contribution in [1.29, 1.82) is 0 Å². The molecule has 0 saturated carbocycles. The number of methoxy groups -OCH3 is 2. The summed E-state index contributed by atoms with van der Waals surface area (Å²) in [4.78, 5) is 29.8. The van der Waals surface area contributed by atoms with E-state index in [4.69, 9.17) is 19.2 Å². The number of hydrogen-bond donors (Lipinski definition) is 1. The predicted octanol–water partition coefficient (Wildman–Crippen LogP) is 6.64. The molecule has 10 heteroatoms. The number of nitrogens with zero attached hydrogens (tertiary/aromatic N) is 4. The van der Waals surface area contributed by atoms with Gasteiger partial charge in [0.15, 0.2) is 5.13 Å². The largest absolute Gasteiger partial charge is 0.467 e. The lowest BCUT2D eigenvalue weighted by Crippen LogP contribution is -2.38. The molecule has 1 N–H and O–H groups in total. The lowest BCUT2D eigenvalue weighted by molar-refractivity contribution is 0.0716. The third-order valence-corrected chi connectivity index (χ3v) is 7.69. The number of carbonyl (C=O) groups excluding carboxylic acids is 1. The summed E-state index contributed by atoms with van der Waals surface area (Å²) in [5, 5.41) is 6.47. The van der Waals surface area contributed by atoms with Gasteiger partial charge < -0.3 is 19.5 Å². The molecule has 2 aromatic heterocycles. The molecule has 218 valence electrons. The normalized spacial score (nSPS) is 11.0. The molecule has 0 aliphatic heterocycles. The summed E-state index contributed by atoms with van der Waals surface area (Å²) < 4.78 is 15.5. The number of ether oxygens (including phenoxy) is 3. The Morgan fingerprint density at radius 2 is 1.18 bits per heavy atom. The van der Waals surface area contributed by atoms with E-state index < -0.39 is 11.5 Å². The zero-order chi connectivity index (χ0) is 30.4. The van der Waals surface area contributed by atoms with Crippen LogP contribution in [-0.2, 0) is 5.54 Å². The van der Waals surface area contributed by atoms with Crippen molar-refractivity contribution in [2.24, 2.45) is 0 Å². The SMILES string of the molecule is COc1nc(OC)nc(OC(=O)c2cccc(-c3csc(NC(c4ccccc4)(c4ccccc4)c4ccccc4)n3)c2)n1. The fourth-order valence-electron chi connectivity index (χ4n) is 4.90. The van der Waals surface area contributed by atoms with Crippen molar-refractivity contribution in [3.8, 4) is 29.3 Å². The molecule has 2 heterocycles. The van der Waals surface area contributed by atoms with Crippen molar-refractivity contribution in [2.45, 2.75) is 5.54 Å². The number of anilines is 1. The third-order valence-electron chi connectivity index (χ3n) is 6.94.